The first-order chi connectivity index (χ1) is 14.0. The monoisotopic (exact) mass is 481 g/mol. The summed E-state index contributed by atoms with van der Waals surface area (Å²) in [5, 5.41) is 2.82. The van der Waals surface area contributed by atoms with Gasteiger partial charge >= 0.3 is 0 Å². The number of amides is 3. The summed E-state index contributed by atoms with van der Waals surface area (Å²) < 4.78 is 0.902. The number of hydrogen-bond donors (Lipinski definition) is 1. The second-order valence-corrected chi connectivity index (χ2v) is 9.57. The Bertz CT molecular complexity index is 732. The molecule has 8 heteroatoms. The largest absolute Gasteiger partial charge is 0.339 e. The van der Waals surface area contributed by atoms with E-state index in [1.165, 1.54) is 37.4 Å². The molecule has 1 saturated carbocycles. The van der Waals surface area contributed by atoms with E-state index in [2.05, 4.69) is 21.2 Å². The molecule has 1 aliphatic heterocycles. The molecule has 29 heavy (non-hydrogen) atoms. The van der Waals surface area contributed by atoms with E-state index >= 15 is 0 Å². The molecular formula is C21H28BrN3O3S. The molecule has 1 heterocycles. The van der Waals surface area contributed by atoms with Gasteiger partial charge in [-0.05, 0) is 37.0 Å². The fourth-order valence-corrected chi connectivity index (χ4v) is 5.00. The van der Waals surface area contributed by atoms with Crippen molar-refractivity contribution >= 4 is 51.1 Å². The summed E-state index contributed by atoms with van der Waals surface area (Å²) >= 11 is 4.69. The lowest BCUT2D eigenvalue weighted by atomic mass is 10.0. The highest BCUT2D eigenvalue weighted by Gasteiger charge is 2.26. The molecule has 1 aliphatic carbocycles. The Hall–Kier alpha value is -1.54. The van der Waals surface area contributed by atoms with Gasteiger partial charge in [-0.2, -0.15) is 0 Å². The van der Waals surface area contributed by atoms with Gasteiger partial charge < -0.3 is 15.1 Å². The molecule has 0 radical (unpaired) electrons. The van der Waals surface area contributed by atoms with E-state index < -0.39 is 0 Å². The predicted octanol–water partition coefficient (Wildman–Crippen LogP) is 3.37. The van der Waals surface area contributed by atoms with Crippen molar-refractivity contribution in [3.63, 3.8) is 0 Å². The molecule has 3 rings (SSSR count). The van der Waals surface area contributed by atoms with E-state index in [-0.39, 0.29) is 29.2 Å². The van der Waals surface area contributed by atoms with Crippen LogP contribution >= 0.6 is 27.7 Å². The Kier molecular flexibility index (Phi) is 8.41. The fraction of sp³-hybridized carbons (Fsp3) is 0.571. The van der Waals surface area contributed by atoms with Gasteiger partial charge in [0.25, 0.3) is 0 Å². The predicted molar refractivity (Wildman–Crippen MR) is 120 cm³/mol. The van der Waals surface area contributed by atoms with Crippen molar-refractivity contribution in [1.82, 2.24) is 9.80 Å². The summed E-state index contributed by atoms with van der Waals surface area (Å²) in [6.45, 7) is 2.40. The van der Waals surface area contributed by atoms with Crippen molar-refractivity contribution in [2.24, 2.45) is 5.92 Å². The molecule has 1 N–H and O–H groups in total. The first-order valence-electron chi connectivity index (χ1n) is 10.2. The maximum absolute atomic E-state index is 12.4. The van der Waals surface area contributed by atoms with Crippen LogP contribution < -0.4 is 5.32 Å². The van der Waals surface area contributed by atoms with E-state index in [1.54, 1.807) is 4.90 Å². The third-order valence-corrected chi connectivity index (χ3v) is 6.90. The molecule has 1 aromatic carbocycles. The van der Waals surface area contributed by atoms with Crippen LogP contribution in [0.5, 0.6) is 0 Å². The minimum absolute atomic E-state index is 0.0353. The van der Waals surface area contributed by atoms with Crippen LogP contribution in [0.4, 0.5) is 5.69 Å². The summed E-state index contributed by atoms with van der Waals surface area (Å²) in [7, 11) is 0. The van der Waals surface area contributed by atoms with Gasteiger partial charge in [-0.1, -0.05) is 34.8 Å². The number of nitrogens with zero attached hydrogens (tertiary/aromatic N) is 2. The third kappa shape index (κ3) is 7.03. The number of thioether (sulfide) groups is 1. The topological polar surface area (TPSA) is 69.7 Å². The number of benzene rings is 1. The third-order valence-electron chi connectivity index (χ3n) is 5.49. The molecule has 6 nitrogen and oxygen atoms in total. The lowest BCUT2D eigenvalue weighted by molar-refractivity contribution is -0.138. The van der Waals surface area contributed by atoms with E-state index in [0.29, 0.717) is 38.5 Å². The molecular weight excluding hydrogens is 454 g/mol. The molecule has 1 saturated heterocycles. The highest BCUT2D eigenvalue weighted by molar-refractivity contribution is 9.10. The van der Waals surface area contributed by atoms with Crippen molar-refractivity contribution in [2.75, 3.05) is 43.0 Å². The summed E-state index contributed by atoms with van der Waals surface area (Å²) in [6.07, 6.45) is 5.52. The van der Waals surface area contributed by atoms with Crippen LogP contribution in [0.3, 0.4) is 0 Å². The Morgan fingerprint density at radius 1 is 1.00 bits per heavy atom. The van der Waals surface area contributed by atoms with Crippen molar-refractivity contribution in [2.45, 2.75) is 32.1 Å². The molecule has 0 aromatic heterocycles. The molecule has 0 spiro atoms. The first kappa shape index (κ1) is 22.2. The maximum atomic E-state index is 12.4. The van der Waals surface area contributed by atoms with Gasteiger partial charge in [0.1, 0.15) is 0 Å². The van der Waals surface area contributed by atoms with Gasteiger partial charge in [0.15, 0.2) is 0 Å². The second-order valence-electron chi connectivity index (χ2n) is 7.67. The van der Waals surface area contributed by atoms with E-state index in [9.17, 15) is 14.4 Å². The molecule has 2 aliphatic rings. The minimum atomic E-state index is -0.122. The highest BCUT2D eigenvalue weighted by Crippen LogP contribution is 2.28. The van der Waals surface area contributed by atoms with Crippen LogP contribution in [-0.4, -0.2) is 65.2 Å². The Morgan fingerprint density at radius 2 is 1.66 bits per heavy atom. The lowest BCUT2D eigenvalue weighted by Crippen LogP contribution is -2.51. The second kappa shape index (κ2) is 11.0. The Balaban J connectivity index is 1.32. The molecule has 3 amide bonds. The number of halogens is 1. The van der Waals surface area contributed by atoms with Crippen LogP contribution in [0.25, 0.3) is 0 Å². The highest BCUT2D eigenvalue weighted by atomic mass is 79.9. The van der Waals surface area contributed by atoms with Gasteiger partial charge in [0.2, 0.25) is 17.7 Å². The molecule has 1 aromatic rings. The number of nitrogens with one attached hydrogen (secondary N) is 1. The molecule has 158 valence electrons. The molecule has 0 bridgehead atoms. The number of carbonyl (C=O) groups is 3. The summed E-state index contributed by atoms with van der Waals surface area (Å²) in [5.74, 6) is 1.22. The lowest BCUT2D eigenvalue weighted by Gasteiger charge is -2.35. The fourth-order valence-electron chi connectivity index (χ4n) is 3.88. The standard InChI is InChI=1S/C21H28BrN3O3S/c22-17-6-3-7-18(13-17)23-19(26)14-29-15-21(28)25-10-8-24(9-11-25)20(27)12-16-4-1-2-5-16/h3,6-7,13,16H,1-2,4-5,8-12,14-15H2,(H,23,26). The van der Waals surface area contributed by atoms with Gasteiger partial charge in [0, 0.05) is 42.8 Å². The smallest absolute Gasteiger partial charge is 0.234 e. The Labute approximate surface area is 184 Å². The quantitative estimate of drug-likeness (QED) is 0.647. The summed E-state index contributed by atoms with van der Waals surface area (Å²) in [4.78, 5) is 40.6. The van der Waals surface area contributed by atoms with Gasteiger partial charge in [-0.15, -0.1) is 11.8 Å². The zero-order valence-electron chi connectivity index (χ0n) is 16.6. The van der Waals surface area contributed by atoms with E-state index in [0.717, 1.165) is 10.2 Å². The van der Waals surface area contributed by atoms with Crippen molar-refractivity contribution in [3.8, 4) is 0 Å². The number of anilines is 1. The van der Waals surface area contributed by atoms with Gasteiger partial charge in [-0.3, -0.25) is 14.4 Å². The average molecular weight is 482 g/mol. The minimum Gasteiger partial charge on any atom is -0.339 e. The van der Waals surface area contributed by atoms with Gasteiger partial charge in [-0.25, -0.2) is 0 Å². The summed E-state index contributed by atoms with van der Waals surface area (Å²) in [6, 6.07) is 7.41. The van der Waals surface area contributed by atoms with Crippen molar-refractivity contribution < 1.29 is 14.4 Å². The maximum Gasteiger partial charge on any atom is 0.234 e. The molecule has 0 atom stereocenters. The van der Waals surface area contributed by atoms with Crippen LogP contribution in [0.15, 0.2) is 28.7 Å². The zero-order chi connectivity index (χ0) is 20.6. The number of rotatable bonds is 7. The van der Waals surface area contributed by atoms with Crippen LogP contribution in [0.2, 0.25) is 0 Å². The number of carbonyl (C=O) groups excluding carboxylic acids is 3. The first-order valence-corrected chi connectivity index (χ1v) is 12.1. The molecule has 0 unspecified atom stereocenters. The van der Waals surface area contributed by atoms with E-state index in [4.69, 9.17) is 0 Å². The summed E-state index contributed by atoms with van der Waals surface area (Å²) in [5.41, 5.74) is 0.731. The number of hydrogen-bond acceptors (Lipinski definition) is 4. The van der Waals surface area contributed by atoms with Crippen LogP contribution in [0.1, 0.15) is 32.1 Å². The van der Waals surface area contributed by atoms with Gasteiger partial charge in [0.05, 0.1) is 11.5 Å². The normalized spacial score (nSPS) is 17.4. The Morgan fingerprint density at radius 3 is 2.31 bits per heavy atom. The van der Waals surface area contributed by atoms with Crippen LogP contribution in [0, 0.1) is 5.92 Å². The van der Waals surface area contributed by atoms with E-state index in [1.807, 2.05) is 29.2 Å². The zero-order valence-corrected chi connectivity index (χ0v) is 19.0. The van der Waals surface area contributed by atoms with Crippen molar-refractivity contribution in [1.29, 1.82) is 0 Å². The SMILES string of the molecule is O=C(CSCC(=O)N1CCN(C(=O)CC2CCCC2)CC1)Nc1cccc(Br)c1. The van der Waals surface area contributed by atoms with Crippen LogP contribution in [-0.2, 0) is 14.4 Å². The number of piperazine rings is 1. The molecule has 2 fully saturated rings. The average Bonchev–Trinajstić information content (AvgIpc) is 3.21. The van der Waals surface area contributed by atoms with Crippen molar-refractivity contribution in [3.05, 3.63) is 28.7 Å².